The van der Waals surface area contributed by atoms with E-state index < -0.39 is 5.54 Å². The van der Waals surface area contributed by atoms with E-state index in [1.807, 2.05) is 6.92 Å². The first-order chi connectivity index (χ1) is 7.43. The molecule has 4 nitrogen and oxygen atoms in total. The Morgan fingerprint density at radius 1 is 1.31 bits per heavy atom. The highest BCUT2D eigenvalue weighted by Gasteiger charge is 2.28. The molecule has 1 amide bonds. The van der Waals surface area contributed by atoms with E-state index in [2.05, 4.69) is 12.2 Å². The van der Waals surface area contributed by atoms with Gasteiger partial charge >= 0.3 is 5.97 Å². The topological polar surface area (TPSA) is 55.4 Å². The number of esters is 1. The van der Waals surface area contributed by atoms with Gasteiger partial charge in [0.2, 0.25) is 5.91 Å². The molecule has 0 bridgehead atoms. The summed E-state index contributed by atoms with van der Waals surface area (Å²) in [6.07, 6.45) is 3.05. The van der Waals surface area contributed by atoms with Gasteiger partial charge in [-0.3, -0.25) is 9.59 Å². The molecule has 0 aliphatic rings. The summed E-state index contributed by atoms with van der Waals surface area (Å²) >= 11 is 0. The van der Waals surface area contributed by atoms with Gasteiger partial charge in [-0.05, 0) is 20.3 Å². The van der Waals surface area contributed by atoms with Crippen LogP contribution in [0.25, 0.3) is 0 Å². The maximum absolute atomic E-state index is 11.4. The summed E-state index contributed by atoms with van der Waals surface area (Å²) in [5.41, 5.74) is -0.478. The lowest BCUT2D eigenvalue weighted by atomic mass is 9.91. The molecule has 1 N–H and O–H groups in total. The number of hydrogen-bond donors (Lipinski definition) is 1. The zero-order chi connectivity index (χ0) is 12.6. The molecule has 1 unspecified atom stereocenters. The minimum absolute atomic E-state index is 0.108. The Morgan fingerprint density at radius 2 is 1.94 bits per heavy atom. The first kappa shape index (κ1) is 14.9. The fourth-order valence-electron chi connectivity index (χ4n) is 1.72. The summed E-state index contributed by atoms with van der Waals surface area (Å²) < 4.78 is 4.91. The van der Waals surface area contributed by atoms with Crippen molar-refractivity contribution in [1.82, 2.24) is 5.32 Å². The van der Waals surface area contributed by atoms with Crippen molar-refractivity contribution < 1.29 is 14.3 Å². The number of unbranched alkanes of at least 4 members (excludes halogenated alkanes) is 1. The molecule has 0 rings (SSSR count). The van der Waals surface area contributed by atoms with Crippen LogP contribution in [0.3, 0.4) is 0 Å². The Kier molecular flexibility index (Phi) is 6.77. The number of carbonyl (C=O) groups is 2. The third kappa shape index (κ3) is 6.43. The lowest BCUT2D eigenvalue weighted by molar-refractivity contribution is -0.145. The van der Waals surface area contributed by atoms with E-state index in [4.69, 9.17) is 4.74 Å². The van der Waals surface area contributed by atoms with Crippen molar-refractivity contribution in [2.75, 3.05) is 6.61 Å². The summed E-state index contributed by atoms with van der Waals surface area (Å²) in [6, 6.07) is 0. The zero-order valence-electron chi connectivity index (χ0n) is 10.8. The zero-order valence-corrected chi connectivity index (χ0v) is 10.8. The number of amides is 1. The summed E-state index contributed by atoms with van der Waals surface area (Å²) in [5.74, 6) is -0.363. The molecule has 0 saturated carbocycles. The van der Waals surface area contributed by atoms with Crippen LogP contribution in [-0.4, -0.2) is 24.0 Å². The van der Waals surface area contributed by atoms with E-state index in [0.29, 0.717) is 6.61 Å². The van der Waals surface area contributed by atoms with Crippen LogP contribution < -0.4 is 5.32 Å². The van der Waals surface area contributed by atoms with Crippen molar-refractivity contribution in [3.8, 4) is 0 Å². The second-order valence-electron chi connectivity index (χ2n) is 4.33. The monoisotopic (exact) mass is 229 g/mol. The van der Waals surface area contributed by atoms with Crippen LogP contribution in [0.5, 0.6) is 0 Å². The Morgan fingerprint density at radius 3 is 2.38 bits per heavy atom. The number of carbonyl (C=O) groups excluding carboxylic acids is 2. The average molecular weight is 229 g/mol. The van der Waals surface area contributed by atoms with Crippen molar-refractivity contribution in [2.24, 2.45) is 0 Å². The summed E-state index contributed by atoms with van der Waals surface area (Å²) in [4.78, 5) is 22.5. The van der Waals surface area contributed by atoms with Gasteiger partial charge in [0.25, 0.3) is 0 Å². The van der Waals surface area contributed by atoms with Gasteiger partial charge in [0.05, 0.1) is 13.0 Å². The molecule has 0 heterocycles. The first-order valence-electron chi connectivity index (χ1n) is 5.88. The van der Waals surface area contributed by atoms with Crippen LogP contribution in [0.15, 0.2) is 0 Å². The van der Waals surface area contributed by atoms with Crippen LogP contribution in [0.2, 0.25) is 0 Å². The molecule has 4 heteroatoms. The van der Waals surface area contributed by atoms with Gasteiger partial charge in [-0.15, -0.1) is 0 Å². The van der Waals surface area contributed by atoms with Crippen molar-refractivity contribution in [2.45, 2.75) is 58.9 Å². The van der Waals surface area contributed by atoms with Gasteiger partial charge in [-0.1, -0.05) is 19.8 Å². The summed E-state index contributed by atoms with van der Waals surface area (Å²) in [6.45, 7) is 7.59. The van der Waals surface area contributed by atoms with Gasteiger partial charge in [-0.25, -0.2) is 0 Å². The van der Waals surface area contributed by atoms with E-state index in [1.165, 1.54) is 6.92 Å². The molecule has 0 radical (unpaired) electrons. The minimum atomic E-state index is -0.478. The molecule has 0 aromatic heterocycles. The highest BCUT2D eigenvalue weighted by molar-refractivity contribution is 5.76. The fraction of sp³-hybridized carbons (Fsp3) is 0.833. The molecule has 1 atom stereocenters. The van der Waals surface area contributed by atoms with Gasteiger partial charge in [0.1, 0.15) is 0 Å². The average Bonchev–Trinajstić information content (AvgIpc) is 2.13. The highest BCUT2D eigenvalue weighted by atomic mass is 16.5. The quantitative estimate of drug-likeness (QED) is 0.679. The van der Waals surface area contributed by atoms with E-state index >= 15 is 0 Å². The standard InChI is InChI=1S/C12H23NO3/c1-5-7-8-12(4,13-10(3)14)9-11(15)16-6-2/h5-9H2,1-4H3,(H,13,14). The van der Waals surface area contributed by atoms with E-state index in [0.717, 1.165) is 19.3 Å². The predicted octanol–water partition coefficient (Wildman–Crippen LogP) is 2.02. The second kappa shape index (κ2) is 7.25. The van der Waals surface area contributed by atoms with Crippen molar-refractivity contribution in [3.05, 3.63) is 0 Å². The van der Waals surface area contributed by atoms with Crippen LogP contribution in [-0.2, 0) is 14.3 Å². The smallest absolute Gasteiger partial charge is 0.308 e. The molecule has 0 aromatic carbocycles. The van der Waals surface area contributed by atoms with E-state index in [9.17, 15) is 9.59 Å². The Balaban J connectivity index is 4.39. The molecular weight excluding hydrogens is 206 g/mol. The highest BCUT2D eigenvalue weighted by Crippen LogP contribution is 2.19. The first-order valence-corrected chi connectivity index (χ1v) is 5.88. The lowest BCUT2D eigenvalue weighted by Gasteiger charge is -2.29. The molecule has 0 aromatic rings. The van der Waals surface area contributed by atoms with Gasteiger partial charge in [0.15, 0.2) is 0 Å². The van der Waals surface area contributed by atoms with Crippen LogP contribution in [0, 0.1) is 0 Å². The number of rotatable bonds is 7. The van der Waals surface area contributed by atoms with Crippen LogP contribution >= 0.6 is 0 Å². The van der Waals surface area contributed by atoms with Gasteiger partial charge in [0, 0.05) is 12.5 Å². The molecule has 16 heavy (non-hydrogen) atoms. The Labute approximate surface area is 97.7 Å². The molecule has 94 valence electrons. The third-order valence-corrected chi connectivity index (χ3v) is 2.40. The van der Waals surface area contributed by atoms with Gasteiger partial charge < -0.3 is 10.1 Å². The lowest BCUT2D eigenvalue weighted by Crippen LogP contribution is -2.46. The van der Waals surface area contributed by atoms with Crippen molar-refractivity contribution >= 4 is 11.9 Å². The molecule has 0 spiro atoms. The molecule has 0 fully saturated rings. The predicted molar refractivity (Wildman–Crippen MR) is 63.0 cm³/mol. The van der Waals surface area contributed by atoms with Gasteiger partial charge in [-0.2, -0.15) is 0 Å². The normalized spacial score (nSPS) is 14.0. The van der Waals surface area contributed by atoms with E-state index in [-0.39, 0.29) is 18.3 Å². The van der Waals surface area contributed by atoms with Crippen molar-refractivity contribution in [1.29, 1.82) is 0 Å². The van der Waals surface area contributed by atoms with Crippen LogP contribution in [0.1, 0.15) is 53.4 Å². The minimum Gasteiger partial charge on any atom is -0.466 e. The Hall–Kier alpha value is -1.06. The Bertz CT molecular complexity index is 240. The molecule has 0 aliphatic heterocycles. The number of hydrogen-bond acceptors (Lipinski definition) is 3. The molecule has 0 saturated heterocycles. The maximum Gasteiger partial charge on any atom is 0.308 e. The SMILES string of the molecule is CCCCC(C)(CC(=O)OCC)NC(C)=O. The summed E-state index contributed by atoms with van der Waals surface area (Å²) in [7, 11) is 0. The molecular formula is C12H23NO3. The number of ether oxygens (including phenoxy) is 1. The molecule has 0 aliphatic carbocycles. The van der Waals surface area contributed by atoms with Crippen LogP contribution in [0.4, 0.5) is 0 Å². The summed E-state index contributed by atoms with van der Waals surface area (Å²) in [5, 5.41) is 2.84. The number of nitrogens with one attached hydrogen (secondary N) is 1. The van der Waals surface area contributed by atoms with E-state index in [1.54, 1.807) is 6.92 Å². The second-order valence-corrected chi connectivity index (χ2v) is 4.33. The maximum atomic E-state index is 11.4. The van der Waals surface area contributed by atoms with Crippen molar-refractivity contribution in [3.63, 3.8) is 0 Å². The fourth-order valence-corrected chi connectivity index (χ4v) is 1.72. The third-order valence-electron chi connectivity index (χ3n) is 2.40. The largest absolute Gasteiger partial charge is 0.466 e.